The van der Waals surface area contributed by atoms with Crippen LogP contribution >= 0.6 is 11.6 Å². The van der Waals surface area contributed by atoms with E-state index < -0.39 is 5.54 Å². The molecule has 1 amide bonds. The Morgan fingerprint density at radius 1 is 1.45 bits per heavy atom. The highest BCUT2D eigenvalue weighted by Crippen LogP contribution is 2.21. The van der Waals surface area contributed by atoms with Gasteiger partial charge in [-0.05, 0) is 51.0 Å². The first-order chi connectivity index (χ1) is 9.34. The predicted octanol–water partition coefficient (Wildman–Crippen LogP) is 2.69. The SMILES string of the molecule is Cc1cc(OCCCC(=O)NC(C)(C)CO)ccc1Cl. The van der Waals surface area contributed by atoms with Crippen molar-refractivity contribution in [2.45, 2.75) is 39.2 Å². The molecule has 0 aliphatic carbocycles. The number of aliphatic hydroxyl groups is 1. The van der Waals surface area contributed by atoms with E-state index in [1.165, 1.54) is 0 Å². The Balaban J connectivity index is 2.28. The molecule has 0 aliphatic rings. The summed E-state index contributed by atoms with van der Waals surface area (Å²) in [4.78, 5) is 11.6. The van der Waals surface area contributed by atoms with Crippen LogP contribution in [0, 0.1) is 6.92 Å². The van der Waals surface area contributed by atoms with E-state index in [2.05, 4.69) is 5.32 Å². The molecule has 0 spiro atoms. The van der Waals surface area contributed by atoms with Gasteiger partial charge in [-0.3, -0.25) is 4.79 Å². The Hall–Kier alpha value is -1.26. The lowest BCUT2D eigenvalue weighted by molar-refractivity contribution is -0.123. The molecule has 0 saturated heterocycles. The van der Waals surface area contributed by atoms with Gasteiger partial charge in [0.25, 0.3) is 0 Å². The molecule has 5 heteroatoms. The first-order valence-corrected chi connectivity index (χ1v) is 7.03. The van der Waals surface area contributed by atoms with E-state index in [9.17, 15) is 4.79 Å². The highest BCUT2D eigenvalue weighted by Gasteiger charge is 2.18. The summed E-state index contributed by atoms with van der Waals surface area (Å²) in [7, 11) is 0. The highest BCUT2D eigenvalue weighted by atomic mass is 35.5. The number of hydrogen-bond acceptors (Lipinski definition) is 3. The molecule has 4 nitrogen and oxygen atoms in total. The molecule has 1 aromatic rings. The van der Waals surface area contributed by atoms with Crippen LogP contribution in [0.5, 0.6) is 5.75 Å². The minimum atomic E-state index is -0.578. The van der Waals surface area contributed by atoms with E-state index in [0.29, 0.717) is 24.5 Å². The summed E-state index contributed by atoms with van der Waals surface area (Å²) >= 11 is 5.93. The summed E-state index contributed by atoms with van der Waals surface area (Å²) in [5, 5.41) is 12.5. The number of aliphatic hydroxyl groups excluding tert-OH is 1. The van der Waals surface area contributed by atoms with Crippen molar-refractivity contribution in [3.63, 3.8) is 0 Å². The second-order valence-electron chi connectivity index (χ2n) is 5.45. The van der Waals surface area contributed by atoms with Gasteiger partial charge in [-0.2, -0.15) is 0 Å². The van der Waals surface area contributed by atoms with E-state index in [1.807, 2.05) is 19.1 Å². The zero-order valence-corrected chi connectivity index (χ0v) is 13.0. The van der Waals surface area contributed by atoms with Crippen molar-refractivity contribution in [2.24, 2.45) is 0 Å². The van der Waals surface area contributed by atoms with Crippen LogP contribution in [-0.4, -0.2) is 29.8 Å². The van der Waals surface area contributed by atoms with Crippen LogP contribution in [0.15, 0.2) is 18.2 Å². The molecular weight excluding hydrogens is 278 g/mol. The fraction of sp³-hybridized carbons (Fsp3) is 0.533. The number of halogens is 1. The lowest BCUT2D eigenvalue weighted by Crippen LogP contribution is -2.46. The van der Waals surface area contributed by atoms with E-state index >= 15 is 0 Å². The van der Waals surface area contributed by atoms with Gasteiger partial charge in [0, 0.05) is 11.4 Å². The lowest BCUT2D eigenvalue weighted by Gasteiger charge is -2.23. The number of carbonyl (C=O) groups is 1. The summed E-state index contributed by atoms with van der Waals surface area (Å²) in [6.45, 7) is 5.85. The molecule has 1 rings (SSSR count). The van der Waals surface area contributed by atoms with Crippen molar-refractivity contribution < 1.29 is 14.6 Å². The molecule has 0 aromatic heterocycles. The Bertz CT molecular complexity index is 460. The third-order valence-corrected chi connectivity index (χ3v) is 3.24. The summed E-state index contributed by atoms with van der Waals surface area (Å²) in [5.74, 6) is 0.669. The average molecular weight is 300 g/mol. The molecule has 0 fully saturated rings. The molecule has 0 saturated carbocycles. The number of ether oxygens (including phenoxy) is 1. The smallest absolute Gasteiger partial charge is 0.220 e. The molecule has 0 bridgehead atoms. The molecule has 0 unspecified atom stereocenters. The van der Waals surface area contributed by atoms with Gasteiger partial charge in [-0.1, -0.05) is 11.6 Å². The molecule has 20 heavy (non-hydrogen) atoms. The van der Waals surface area contributed by atoms with Gasteiger partial charge in [0.05, 0.1) is 18.8 Å². The maximum Gasteiger partial charge on any atom is 0.220 e. The van der Waals surface area contributed by atoms with E-state index in [1.54, 1.807) is 19.9 Å². The minimum absolute atomic E-state index is 0.0834. The number of nitrogens with one attached hydrogen (secondary N) is 1. The summed E-state index contributed by atoms with van der Waals surface area (Å²) in [5.41, 5.74) is 0.386. The van der Waals surface area contributed by atoms with Crippen LogP contribution in [0.25, 0.3) is 0 Å². The first kappa shape index (κ1) is 16.8. The summed E-state index contributed by atoms with van der Waals surface area (Å²) < 4.78 is 5.56. The fourth-order valence-corrected chi connectivity index (χ4v) is 1.73. The van der Waals surface area contributed by atoms with Crippen LogP contribution < -0.4 is 10.1 Å². The highest BCUT2D eigenvalue weighted by molar-refractivity contribution is 6.31. The normalized spacial score (nSPS) is 11.2. The van der Waals surface area contributed by atoms with Crippen LogP contribution in [0.2, 0.25) is 5.02 Å². The van der Waals surface area contributed by atoms with E-state index in [4.69, 9.17) is 21.4 Å². The van der Waals surface area contributed by atoms with E-state index in [-0.39, 0.29) is 12.5 Å². The van der Waals surface area contributed by atoms with E-state index in [0.717, 1.165) is 11.3 Å². The van der Waals surface area contributed by atoms with Crippen molar-refractivity contribution in [1.29, 1.82) is 0 Å². The van der Waals surface area contributed by atoms with Crippen molar-refractivity contribution in [3.05, 3.63) is 28.8 Å². The third kappa shape index (κ3) is 5.80. The molecule has 0 aliphatic heterocycles. The molecule has 1 aromatic carbocycles. The van der Waals surface area contributed by atoms with Gasteiger partial charge in [-0.25, -0.2) is 0 Å². The van der Waals surface area contributed by atoms with Crippen molar-refractivity contribution in [1.82, 2.24) is 5.32 Å². The Morgan fingerprint density at radius 3 is 2.75 bits per heavy atom. The maximum absolute atomic E-state index is 11.6. The monoisotopic (exact) mass is 299 g/mol. The number of carbonyl (C=O) groups excluding carboxylic acids is 1. The number of rotatable bonds is 7. The van der Waals surface area contributed by atoms with Gasteiger partial charge in [-0.15, -0.1) is 0 Å². The molecule has 0 heterocycles. The average Bonchev–Trinajstić information content (AvgIpc) is 2.38. The standard InChI is InChI=1S/C15H22ClNO3/c1-11-9-12(6-7-13(11)16)20-8-4-5-14(19)17-15(2,3)10-18/h6-7,9,18H,4-5,8,10H2,1-3H3,(H,17,19). The second kappa shape index (κ2) is 7.50. The molecular formula is C15H22ClNO3. The molecule has 0 atom stereocenters. The second-order valence-corrected chi connectivity index (χ2v) is 5.86. The van der Waals surface area contributed by atoms with Crippen molar-refractivity contribution in [3.8, 4) is 5.75 Å². The molecule has 2 N–H and O–H groups in total. The number of hydrogen-bond donors (Lipinski definition) is 2. The number of benzene rings is 1. The van der Waals surface area contributed by atoms with Crippen molar-refractivity contribution in [2.75, 3.05) is 13.2 Å². The van der Waals surface area contributed by atoms with Gasteiger partial charge >= 0.3 is 0 Å². The summed E-state index contributed by atoms with van der Waals surface area (Å²) in [6, 6.07) is 5.48. The van der Waals surface area contributed by atoms with Gasteiger partial charge in [0.15, 0.2) is 0 Å². The topological polar surface area (TPSA) is 58.6 Å². The summed E-state index contributed by atoms with van der Waals surface area (Å²) in [6.07, 6.45) is 0.991. The number of aryl methyl sites for hydroxylation is 1. The molecule has 0 radical (unpaired) electrons. The Labute approximate surface area is 125 Å². The number of amides is 1. The van der Waals surface area contributed by atoms with Crippen LogP contribution in [0.4, 0.5) is 0 Å². The Morgan fingerprint density at radius 2 is 2.15 bits per heavy atom. The fourth-order valence-electron chi connectivity index (χ4n) is 1.61. The largest absolute Gasteiger partial charge is 0.494 e. The first-order valence-electron chi connectivity index (χ1n) is 6.65. The van der Waals surface area contributed by atoms with Crippen molar-refractivity contribution >= 4 is 17.5 Å². The van der Waals surface area contributed by atoms with Gasteiger partial charge in [0.1, 0.15) is 5.75 Å². The third-order valence-electron chi connectivity index (χ3n) is 2.82. The van der Waals surface area contributed by atoms with Crippen LogP contribution in [0.1, 0.15) is 32.3 Å². The predicted molar refractivity (Wildman–Crippen MR) is 80.2 cm³/mol. The minimum Gasteiger partial charge on any atom is -0.494 e. The maximum atomic E-state index is 11.6. The molecule has 112 valence electrons. The van der Waals surface area contributed by atoms with Gasteiger partial charge < -0.3 is 15.2 Å². The zero-order chi connectivity index (χ0) is 15.2. The van der Waals surface area contributed by atoms with Crippen LogP contribution in [0.3, 0.4) is 0 Å². The van der Waals surface area contributed by atoms with Crippen LogP contribution in [-0.2, 0) is 4.79 Å². The van der Waals surface area contributed by atoms with Gasteiger partial charge in [0.2, 0.25) is 5.91 Å². The Kier molecular flexibility index (Phi) is 6.30. The lowest BCUT2D eigenvalue weighted by atomic mass is 10.1. The quantitative estimate of drug-likeness (QED) is 0.761. The zero-order valence-electron chi connectivity index (χ0n) is 12.2.